The molecule has 4 heteroatoms. The molecule has 1 saturated carbocycles. The summed E-state index contributed by atoms with van der Waals surface area (Å²) in [5.41, 5.74) is 8.01. The highest BCUT2D eigenvalue weighted by Gasteiger charge is 2.22. The van der Waals surface area contributed by atoms with Gasteiger partial charge in [0.2, 0.25) is 0 Å². The predicted octanol–water partition coefficient (Wildman–Crippen LogP) is 3.01. The zero-order chi connectivity index (χ0) is 11.8. The van der Waals surface area contributed by atoms with Crippen LogP contribution in [0.25, 0.3) is 11.1 Å². The molecule has 4 nitrogen and oxygen atoms in total. The van der Waals surface area contributed by atoms with Crippen molar-refractivity contribution in [2.24, 2.45) is 5.92 Å². The van der Waals surface area contributed by atoms with E-state index in [1.807, 2.05) is 18.2 Å². The van der Waals surface area contributed by atoms with Gasteiger partial charge in [-0.2, -0.15) is 4.98 Å². The Labute approximate surface area is 100 Å². The molecule has 90 valence electrons. The number of aromatic nitrogens is 1. The van der Waals surface area contributed by atoms with Gasteiger partial charge in [-0.25, -0.2) is 0 Å². The smallest absolute Gasteiger partial charge is 0.295 e. The first-order valence-electron chi connectivity index (χ1n) is 6.14. The van der Waals surface area contributed by atoms with Crippen molar-refractivity contribution in [3.05, 3.63) is 18.2 Å². The lowest BCUT2D eigenvalue weighted by molar-refractivity contribution is 0.576. The van der Waals surface area contributed by atoms with E-state index in [2.05, 4.69) is 17.2 Å². The summed E-state index contributed by atoms with van der Waals surface area (Å²) in [7, 11) is 0. The number of nitrogens with zero attached hydrogens (tertiary/aromatic N) is 1. The standard InChI is InChI=1S/C13H17N3O/c1-8-5-6-9(7-8)15-13-16-12-10(14)3-2-4-11(12)17-13/h2-4,8-9H,5-7,14H2,1H3,(H,15,16). The summed E-state index contributed by atoms with van der Waals surface area (Å²) < 4.78 is 5.64. The summed E-state index contributed by atoms with van der Waals surface area (Å²) >= 11 is 0. The van der Waals surface area contributed by atoms with Gasteiger partial charge >= 0.3 is 0 Å². The van der Waals surface area contributed by atoms with E-state index in [-0.39, 0.29) is 0 Å². The second-order valence-electron chi connectivity index (χ2n) is 4.97. The molecule has 0 aliphatic heterocycles. The summed E-state index contributed by atoms with van der Waals surface area (Å²) in [6, 6.07) is 6.69. The molecular formula is C13H17N3O. The fourth-order valence-corrected chi connectivity index (χ4v) is 2.54. The van der Waals surface area contributed by atoms with Gasteiger partial charge in [-0.15, -0.1) is 0 Å². The molecule has 0 spiro atoms. The molecule has 2 unspecified atom stereocenters. The Hall–Kier alpha value is -1.71. The first-order chi connectivity index (χ1) is 8.22. The molecule has 1 fully saturated rings. The molecule has 1 heterocycles. The molecule has 0 amide bonds. The maximum Gasteiger partial charge on any atom is 0.295 e. The number of nitrogens with one attached hydrogen (secondary N) is 1. The SMILES string of the molecule is CC1CCC(Nc2nc3c(N)cccc3o2)C1. The fourth-order valence-electron chi connectivity index (χ4n) is 2.54. The molecule has 1 aliphatic rings. The number of nitrogens with two attached hydrogens (primary N) is 1. The zero-order valence-corrected chi connectivity index (χ0v) is 9.94. The van der Waals surface area contributed by atoms with E-state index in [0.717, 1.165) is 17.0 Å². The van der Waals surface area contributed by atoms with Gasteiger partial charge in [0, 0.05) is 6.04 Å². The number of fused-ring (bicyclic) bond motifs is 1. The average molecular weight is 231 g/mol. The Balaban J connectivity index is 1.84. The second kappa shape index (κ2) is 3.95. The van der Waals surface area contributed by atoms with Crippen LogP contribution in [0, 0.1) is 5.92 Å². The Kier molecular flexibility index (Phi) is 2.42. The van der Waals surface area contributed by atoms with Crippen LogP contribution in [0.3, 0.4) is 0 Å². The van der Waals surface area contributed by atoms with E-state index in [1.54, 1.807) is 0 Å². The van der Waals surface area contributed by atoms with E-state index < -0.39 is 0 Å². The fraction of sp³-hybridized carbons (Fsp3) is 0.462. The van der Waals surface area contributed by atoms with E-state index in [9.17, 15) is 0 Å². The number of oxazole rings is 1. The van der Waals surface area contributed by atoms with Gasteiger partial charge < -0.3 is 15.5 Å². The van der Waals surface area contributed by atoms with Crippen LogP contribution in [-0.2, 0) is 0 Å². The summed E-state index contributed by atoms with van der Waals surface area (Å²) in [6.45, 7) is 2.28. The number of hydrogen-bond acceptors (Lipinski definition) is 4. The number of benzene rings is 1. The molecule has 0 bridgehead atoms. The molecule has 3 N–H and O–H groups in total. The van der Waals surface area contributed by atoms with Gasteiger partial charge in [0.05, 0.1) is 5.69 Å². The minimum absolute atomic E-state index is 0.485. The van der Waals surface area contributed by atoms with E-state index in [0.29, 0.717) is 17.7 Å². The summed E-state index contributed by atoms with van der Waals surface area (Å²) in [6.07, 6.45) is 3.66. The minimum Gasteiger partial charge on any atom is -0.423 e. The third-order valence-electron chi connectivity index (χ3n) is 3.47. The van der Waals surface area contributed by atoms with E-state index >= 15 is 0 Å². The second-order valence-corrected chi connectivity index (χ2v) is 4.97. The molecule has 1 aromatic heterocycles. The Morgan fingerprint density at radius 3 is 3.00 bits per heavy atom. The van der Waals surface area contributed by atoms with Crippen molar-refractivity contribution in [2.45, 2.75) is 32.2 Å². The predicted molar refractivity (Wildman–Crippen MR) is 68.8 cm³/mol. The van der Waals surface area contributed by atoms with E-state index in [1.165, 1.54) is 19.3 Å². The number of para-hydroxylation sites is 1. The Morgan fingerprint density at radius 1 is 1.41 bits per heavy atom. The number of nitrogen functional groups attached to an aromatic ring is 1. The first kappa shape index (κ1) is 10.4. The lowest BCUT2D eigenvalue weighted by Crippen LogP contribution is -2.15. The lowest BCUT2D eigenvalue weighted by atomic mass is 10.1. The van der Waals surface area contributed by atoms with Crippen molar-refractivity contribution < 1.29 is 4.42 Å². The third kappa shape index (κ3) is 1.95. The van der Waals surface area contributed by atoms with Crippen LogP contribution in [0.2, 0.25) is 0 Å². The number of anilines is 2. The summed E-state index contributed by atoms with van der Waals surface area (Å²) in [5.74, 6) is 0.793. The van der Waals surface area contributed by atoms with Crippen LogP contribution in [-0.4, -0.2) is 11.0 Å². The van der Waals surface area contributed by atoms with Gasteiger partial charge in [-0.1, -0.05) is 13.0 Å². The molecule has 1 aromatic carbocycles. The highest BCUT2D eigenvalue weighted by molar-refractivity contribution is 5.86. The van der Waals surface area contributed by atoms with Crippen molar-refractivity contribution in [1.82, 2.24) is 4.98 Å². The van der Waals surface area contributed by atoms with E-state index in [4.69, 9.17) is 10.2 Å². The van der Waals surface area contributed by atoms with Crippen LogP contribution < -0.4 is 11.1 Å². The molecule has 17 heavy (non-hydrogen) atoms. The van der Waals surface area contributed by atoms with Crippen molar-refractivity contribution in [1.29, 1.82) is 0 Å². The van der Waals surface area contributed by atoms with Crippen molar-refractivity contribution >= 4 is 22.8 Å². The molecule has 1 aliphatic carbocycles. The van der Waals surface area contributed by atoms with Crippen LogP contribution >= 0.6 is 0 Å². The maximum absolute atomic E-state index is 5.85. The van der Waals surface area contributed by atoms with Crippen LogP contribution in [0.5, 0.6) is 0 Å². The van der Waals surface area contributed by atoms with Crippen LogP contribution in [0.15, 0.2) is 22.6 Å². The molecule has 0 radical (unpaired) electrons. The van der Waals surface area contributed by atoms with Crippen LogP contribution in [0.1, 0.15) is 26.2 Å². The molecule has 2 aromatic rings. The van der Waals surface area contributed by atoms with Gasteiger partial charge in [-0.05, 0) is 37.3 Å². The summed E-state index contributed by atoms with van der Waals surface area (Å²) in [5, 5.41) is 3.35. The Bertz CT molecular complexity index is 534. The van der Waals surface area contributed by atoms with Gasteiger partial charge in [0.25, 0.3) is 6.01 Å². The highest BCUT2D eigenvalue weighted by Crippen LogP contribution is 2.29. The first-order valence-corrected chi connectivity index (χ1v) is 6.14. The maximum atomic E-state index is 5.85. The van der Waals surface area contributed by atoms with Crippen molar-refractivity contribution in [3.8, 4) is 0 Å². The van der Waals surface area contributed by atoms with Crippen LogP contribution in [0.4, 0.5) is 11.7 Å². The average Bonchev–Trinajstić information content (AvgIpc) is 2.86. The zero-order valence-electron chi connectivity index (χ0n) is 9.94. The molecule has 3 rings (SSSR count). The molecule has 2 atom stereocenters. The highest BCUT2D eigenvalue weighted by atomic mass is 16.4. The minimum atomic E-state index is 0.485. The van der Waals surface area contributed by atoms with Gasteiger partial charge in [0.15, 0.2) is 5.58 Å². The van der Waals surface area contributed by atoms with Crippen molar-refractivity contribution in [3.63, 3.8) is 0 Å². The largest absolute Gasteiger partial charge is 0.423 e. The molecule has 0 saturated heterocycles. The monoisotopic (exact) mass is 231 g/mol. The lowest BCUT2D eigenvalue weighted by Gasteiger charge is -2.09. The van der Waals surface area contributed by atoms with Gasteiger partial charge in [-0.3, -0.25) is 0 Å². The number of rotatable bonds is 2. The van der Waals surface area contributed by atoms with Crippen molar-refractivity contribution in [2.75, 3.05) is 11.1 Å². The topological polar surface area (TPSA) is 64.1 Å². The quantitative estimate of drug-likeness (QED) is 0.780. The normalized spacial score (nSPS) is 24.3. The summed E-state index contributed by atoms with van der Waals surface area (Å²) in [4.78, 5) is 4.40. The molecular weight excluding hydrogens is 214 g/mol. The third-order valence-corrected chi connectivity index (χ3v) is 3.47. The number of hydrogen-bond donors (Lipinski definition) is 2. The van der Waals surface area contributed by atoms with Gasteiger partial charge in [0.1, 0.15) is 5.52 Å². The Morgan fingerprint density at radius 2 is 2.29 bits per heavy atom.